The van der Waals surface area contributed by atoms with E-state index in [9.17, 15) is 9.59 Å². The van der Waals surface area contributed by atoms with Crippen LogP contribution in [0.3, 0.4) is 0 Å². The van der Waals surface area contributed by atoms with Crippen LogP contribution in [-0.4, -0.2) is 23.1 Å². The highest BCUT2D eigenvalue weighted by atomic mass is 16.5. The summed E-state index contributed by atoms with van der Waals surface area (Å²) in [6.45, 7) is 3.52. The molecule has 0 bridgehead atoms. The van der Waals surface area contributed by atoms with E-state index < -0.39 is 12.1 Å². The molecule has 2 atom stereocenters. The van der Waals surface area contributed by atoms with Gasteiger partial charge in [-0.15, -0.1) is 0 Å². The van der Waals surface area contributed by atoms with Crippen molar-refractivity contribution in [2.75, 3.05) is 5.32 Å². The fraction of sp³-hybridized carbons (Fsp3) is 0.385. The Morgan fingerprint density at radius 1 is 1.56 bits per heavy atom. The third-order valence-corrected chi connectivity index (χ3v) is 2.99. The largest absolute Gasteiger partial charge is 0.481 e. The minimum Gasteiger partial charge on any atom is -0.481 e. The molecule has 1 amide bonds. The van der Waals surface area contributed by atoms with Gasteiger partial charge in [0.2, 0.25) is 0 Å². The van der Waals surface area contributed by atoms with Gasteiger partial charge in [0.15, 0.2) is 6.10 Å². The first-order chi connectivity index (χ1) is 8.47. The van der Waals surface area contributed by atoms with Crippen LogP contribution in [0.25, 0.3) is 0 Å². The Labute approximate surface area is 105 Å². The molecule has 2 N–H and O–H groups in total. The Bertz CT molecular complexity index is 498. The maximum Gasteiger partial charge on any atom is 0.303 e. The van der Waals surface area contributed by atoms with Gasteiger partial charge in [-0.05, 0) is 30.5 Å². The molecular formula is C13H15NO4. The minimum absolute atomic E-state index is 0.0701. The lowest BCUT2D eigenvalue weighted by Crippen LogP contribution is -2.34. The second-order valence-corrected chi connectivity index (χ2v) is 4.50. The van der Waals surface area contributed by atoms with Crippen LogP contribution in [0, 0.1) is 0 Å². The number of rotatable bonds is 3. The van der Waals surface area contributed by atoms with E-state index >= 15 is 0 Å². The molecule has 0 spiro atoms. The van der Waals surface area contributed by atoms with Crippen LogP contribution >= 0.6 is 0 Å². The van der Waals surface area contributed by atoms with E-state index in [1.165, 1.54) is 0 Å². The maximum atomic E-state index is 11.4. The van der Waals surface area contributed by atoms with E-state index in [1.807, 2.05) is 13.0 Å². The quantitative estimate of drug-likeness (QED) is 0.858. The lowest BCUT2D eigenvalue weighted by molar-refractivity contribution is -0.137. The van der Waals surface area contributed by atoms with Crippen molar-refractivity contribution in [3.63, 3.8) is 0 Å². The molecule has 0 fully saturated rings. The van der Waals surface area contributed by atoms with Crippen molar-refractivity contribution in [3.05, 3.63) is 23.8 Å². The standard InChI is InChI=1S/C13H15NO4/c1-7(5-12(15)16)9-3-4-10-11(6-9)18-8(2)13(17)14-10/h3-4,6-8H,5H2,1-2H3,(H,14,17)(H,15,16). The second-order valence-electron chi connectivity index (χ2n) is 4.50. The summed E-state index contributed by atoms with van der Waals surface area (Å²) in [5, 5.41) is 11.5. The Balaban J connectivity index is 2.24. The summed E-state index contributed by atoms with van der Waals surface area (Å²) in [5.74, 6) is -0.502. The van der Waals surface area contributed by atoms with Crippen LogP contribution in [0.15, 0.2) is 18.2 Å². The van der Waals surface area contributed by atoms with Gasteiger partial charge in [-0.2, -0.15) is 0 Å². The topological polar surface area (TPSA) is 75.6 Å². The SMILES string of the molecule is CC1Oc2cc(C(C)CC(=O)O)ccc2NC1=O. The van der Waals surface area contributed by atoms with Crippen molar-refractivity contribution < 1.29 is 19.4 Å². The number of anilines is 1. The van der Waals surface area contributed by atoms with Crippen LogP contribution in [0.2, 0.25) is 0 Å². The molecule has 0 aliphatic carbocycles. The fourth-order valence-electron chi connectivity index (χ4n) is 1.90. The molecule has 0 aromatic heterocycles. The maximum absolute atomic E-state index is 11.4. The number of carbonyl (C=O) groups is 2. The number of carboxylic acids is 1. The van der Waals surface area contributed by atoms with Crippen LogP contribution in [0.1, 0.15) is 31.7 Å². The van der Waals surface area contributed by atoms with E-state index in [2.05, 4.69) is 5.32 Å². The Morgan fingerprint density at radius 3 is 2.94 bits per heavy atom. The van der Waals surface area contributed by atoms with Gasteiger partial charge in [0.05, 0.1) is 12.1 Å². The third-order valence-electron chi connectivity index (χ3n) is 2.99. The lowest BCUT2D eigenvalue weighted by Gasteiger charge is -2.24. The summed E-state index contributed by atoms with van der Waals surface area (Å²) < 4.78 is 5.48. The van der Waals surface area contributed by atoms with Gasteiger partial charge in [-0.3, -0.25) is 9.59 Å². The highest BCUT2D eigenvalue weighted by molar-refractivity contribution is 5.97. The molecular weight excluding hydrogens is 234 g/mol. The van der Waals surface area contributed by atoms with Crippen molar-refractivity contribution in [2.45, 2.75) is 32.3 Å². The van der Waals surface area contributed by atoms with Gasteiger partial charge in [0.1, 0.15) is 5.75 Å². The highest BCUT2D eigenvalue weighted by Crippen LogP contribution is 2.33. The van der Waals surface area contributed by atoms with Crippen molar-refractivity contribution in [3.8, 4) is 5.75 Å². The molecule has 1 aliphatic rings. The number of carbonyl (C=O) groups excluding carboxylic acids is 1. The van der Waals surface area contributed by atoms with Crippen molar-refractivity contribution in [2.24, 2.45) is 0 Å². The van der Waals surface area contributed by atoms with E-state index in [-0.39, 0.29) is 18.2 Å². The van der Waals surface area contributed by atoms with E-state index in [0.29, 0.717) is 11.4 Å². The van der Waals surface area contributed by atoms with E-state index in [0.717, 1.165) is 5.56 Å². The van der Waals surface area contributed by atoms with Crippen molar-refractivity contribution >= 4 is 17.6 Å². The number of amides is 1. The normalized spacial score (nSPS) is 19.4. The van der Waals surface area contributed by atoms with Gasteiger partial charge in [-0.25, -0.2) is 0 Å². The third kappa shape index (κ3) is 2.45. The van der Waals surface area contributed by atoms with Gasteiger partial charge >= 0.3 is 5.97 Å². The first kappa shape index (κ1) is 12.4. The first-order valence-electron chi connectivity index (χ1n) is 5.80. The zero-order chi connectivity index (χ0) is 13.3. The Morgan fingerprint density at radius 2 is 2.28 bits per heavy atom. The first-order valence-corrected chi connectivity index (χ1v) is 5.80. The van der Waals surface area contributed by atoms with Gasteiger partial charge in [-0.1, -0.05) is 13.0 Å². The van der Waals surface area contributed by atoms with Crippen LogP contribution in [-0.2, 0) is 9.59 Å². The van der Waals surface area contributed by atoms with Gasteiger partial charge in [0.25, 0.3) is 5.91 Å². The number of nitrogens with one attached hydrogen (secondary N) is 1. The van der Waals surface area contributed by atoms with Crippen LogP contribution in [0.4, 0.5) is 5.69 Å². The summed E-state index contributed by atoms with van der Waals surface area (Å²) in [6.07, 6.45) is -0.455. The van der Waals surface area contributed by atoms with Crippen molar-refractivity contribution in [1.29, 1.82) is 0 Å². The monoisotopic (exact) mass is 249 g/mol. The fourth-order valence-corrected chi connectivity index (χ4v) is 1.90. The molecule has 0 saturated heterocycles. The second kappa shape index (κ2) is 4.68. The molecule has 1 aliphatic heterocycles. The number of aliphatic carboxylic acids is 1. The Hall–Kier alpha value is -2.04. The number of ether oxygens (including phenoxy) is 1. The highest BCUT2D eigenvalue weighted by Gasteiger charge is 2.24. The number of carboxylic acid groups (broad SMARTS) is 1. The summed E-state index contributed by atoms with van der Waals surface area (Å²) in [5.41, 5.74) is 1.52. The number of hydrogen-bond acceptors (Lipinski definition) is 3. The predicted molar refractivity (Wildman–Crippen MR) is 65.8 cm³/mol. The Kier molecular flexibility index (Phi) is 3.23. The molecule has 2 unspecified atom stereocenters. The number of benzene rings is 1. The molecule has 96 valence electrons. The number of hydrogen-bond donors (Lipinski definition) is 2. The molecule has 1 aromatic carbocycles. The average molecular weight is 249 g/mol. The zero-order valence-corrected chi connectivity index (χ0v) is 10.3. The van der Waals surface area contributed by atoms with E-state index in [1.54, 1.807) is 19.1 Å². The number of fused-ring (bicyclic) bond motifs is 1. The molecule has 18 heavy (non-hydrogen) atoms. The smallest absolute Gasteiger partial charge is 0.303 e. The summed E-state index contributed by atoms with van der Waals surface area (Å²) in [6, 6.07) is 5.34. The molecule has 0 radical (unpaired) electrons. The summed E-state index contributed by atoms with van der Waals surface area (Å²) in [7, 11) is 0. The minimum atomic E-state index is -0.831. The van der Waals surface area contributed by atoms with Crippen LogP contribution in [0.5, 0.6) is 5.75 Å². The molecule has 0 saturated carbocycles. The molecule has 5 heteroatoms. The molecule has 2 rings (SSSR count). The summed E-state index contributed by atoms with van der Waals surface area (Å²) >= 11 is 0. The van der Waals surface area contributed by atoms with Gasteiger partial charge in [0, 0.05) is 0 Å². The molecule has 5 nitrogen and oxygen atoms in total. The van der Waals surface area contributed by atoms with Crippen molar-refractivity contribution in [1.82, 2.24) is 0 Å². The molecule has 1 aromatic rings. The predicted octanol–water partition coefficient (Wildman–Crippen LogP) is 1.98. The average Bonchev–Trinajstić information content (AvgIpc) is 2.29. The molecule has 1 heterocycles. The van der Waals surface area contributed by atoms with Crippen LogP contribution < -0.4 is 10.1 Å². The summed E-state index contributed by atoms with van der Waals surface area (Å²) in [4.78, 5) is 22.1. The van der Waals surface area contributed by atoms with E-state index in [4.69, 9.17) is 9.84 Å². The zero-order valence-electron chi connectivity index (χ0n) is 10.3. The van der Waals surface area contributed by atoms with Gasteiger partial charge < -0.3 is 15.2 Å². The lowest BCUT2D eigenvalue weighted by atomic mass is 9.97.